The predicted molar refractivity (Wildman–Crippen MR) is 94.3 cm³/mol. The Labute approximate surface area is 146 Å². The van der Waals surface area contributed by atoms with Crippen LogP contribution in [0.5, 0.6) is 0 Å². The number of carbonyl (C=O) groups excluding carboxylic acids is 2. The fourth-order valence-electron chi connectivity index (χ4n) is 3.57. The van der Waals surface area contributed by atoms with E-state index in [-0.39, 0.29) is 18.3 Å². The summed E-state index contributed by atoms with van der Waals surface area (Å²) in [5.41, 5.74) is 3.46. The van der Waals surface area contributed by atoms with Crippen LogP contribution in [-0.4, -0.2) is 36.9 Å². The minimum Gasteiger partial charge on any atom is -0.453 e. The molecule has 0 aliphatic carbocycles. The van der Waals surface area contributed by atoms with Crippen molar-refractivity contribution in [2.75, 3.05) is 25.0 Å². The van der Waals surface area contributed by atoms with Crippen LogP contribution in [0.2, 0.25) is 0 Å². The molecule has 1 unspecified atom stereocenters. The molecule has 1 amide bonds. The van der Waals surface area contributed by atoms with Crippen molar-refractivity contribution in [1.29, 1.82) is 0 Å². The van der Waals surface area contributed by atoms with Crippen molar-refractivity contribution in [3.05, 3.63) is 65.2 Å². The first-order valence-corrected chi connectivity index (χ1v) is 8.50. The monoisotopic (exact) mass is 336 g/mol. The summed E-state index contributed by atoms with van der Waals surface area (Å²) in [6, 6.07) is 15.3. The minimum atomic E-state index is -0.496. The third-order valence-corrected chi connectivity index (χ3v) is 4.87. The van der Waals surface area contributed by atoms with Gasteiger partial charge in [0.25, 0.3) is 0 Å². The first kappa shape index (κ1) is 15.8. The van der Waals surface area contributed by atoms with E-state index in [1.54, 1.807) is 6.07 Å². The van der Waals surface area contributed by atoms with Gasteiger partial charge in [0, 0.05) is 30.9 Å². The summed E-state index contributed by atoms with van der Waals surface area (Å²) in [5.74, 6) is -0.360. The number of amides is 1. The topological polar surface area (TPSA) is 49.9 Å². The Bertz CT molecular complexity index is 833. The van der Waals surface area contributed by atoms with E-state index in [1.165, 1.54) is 0 Å². The molecule has 2 aromatic carbocycles. The maximum atomic E-state index is 13.0. The molecule has 0 saturated carbocycles. The lowest BCUT2D eigenvalue weighted by Crippen LogP contribution is -2.35. The van der Waals surface area contributed by atoms with Gasteiger partial charge in [-0.25, -0.2) is 4.79 Å². The van der Waals surface area contributed by atoms with Crippen molar-refractivity contribution in [2.45, 2.75) is 19.1 Å². The van der Waals surface area contributed by atoms with Gasteiger partial charge in [-0.3, -0.25) is 4.79 Å². The summed E-state index contributed by atoms with van der Waals surface area (Å²) in [4.78, 5) is 29.0. The van der Waals surface area contributed by atoms with Gasteiger partial charge in [0.05, 0.1) is 12.0 Å². The molecular formula is C20H20N2O3. The van der Waals surface area contributed by atoms with Crippen LogP contribution in [0, 0.1) is 0 Å². The maximum absolute atomic E-state index is 13.0. The van der Waals surface area contributed by atoms with E-state index >= 15 is 0 Å². The Morgan fingerprint density at radius 2 is 1.88 bits per heavy atom. The van der Waals surface area contributed by atoms with E-state index in [1.807, 2.05) is 41.3 Å². The lowest BCUT2D eigenvalue weighted by molar-refractivity contribution is -0.120. The zero-order chi connectivity index (χ0) is 17.4. The highest BCUT2D eigenvalue weighted by Gasteiger charge is 2.34. The van der Waals surface area contributed by atoms with Crippen LogP contribution in [0.1, 0.15) is 34.0 Å². The molecule has 2 aliphatic heterocycles. The molecule has 1 atom stereocenters. The standard InChI is InChI=1S/C20H20N2O3/c1-21-10-11-22(17-9-5-2-6-14(17)13-21)19(23)12-18-15-7-3-4-8-16(15)20(24)25-18/h2-9,18H,10-13H2,1H3. The molecule has 0 radical (unpaired) electrons. The average molecular weight is 336 g/mol. The van der Waals surface area contributed by atoms with E-state index in [4.69, 9.17) is 4.74 Å². The van der Waals surface area contributed by atoms with E-state index in [0.717, 1.165) is 29.9 Å². The largest absolute Gasteiger partial charge is 0.453 e. The van der Waals surface area contributed by atoms with Crippen LogP contribution in [0.3, 0.4) is 0 Å². The highest BCUT2D eigenvalue weighted by molar-refractivity contribution is 5.97. The predicted octanol–water partition coefficient (Wildman–Crippen LogP) is 2.77. The Balaban J connectivity index is 1.59. The number of ether oxygens (including phenoxy) is 1. The number of carbonyl (C=O) groups is 2. The van der Waals surface area contributed by atoms with Gasteiger partial charge in [-0.05, 0) is 24.7 Å². The molecule has 0 bridgehead atoms. The number of esters is 1. The summed E-state index contributed by atoms with van der Waals surface area (Å²) in [6.07, 6.45) is -0.329. The third-order valence-electron chi connectivity index (χ3n) is 4.87. The number of rotatable bonds is 2. The molecular weight excluding hydrogens is 316 g/mol. The van der Waals surface area contributed by atoms with Crippen LogP contribution in [0.25, 0.3) is 0 Å². The van der Waals surface area contributed by atoms with E-state index in [2.05, 4.69) is 18.0 Å². The van der Waals surface area contributed by atoms with Crippen molar-refractivity contribution in [3.8, 4) is 0 Å². The van der Waals surface area contributed by atoms with Gasteiger partial charge in [-0.15, -0.1) is 0 Å². The molecule has 0 spiro atoms. The zero-order valence-corrected chi connectivity index (χ0v) is 14.1. The van der Waals surface area contributed by atoms with Crippen LogP contribution < -0.4 is 4.90 Å². The van der Waals surface area contributed by atoms with Crippen molar-refractivity contribution in [1.82, 2.24) is 4.90 Å². The smallest absolute Gasteiger partial charge is 0.339 e. The Hall–Kier alpha value is -2.66. The maximum Gasteiger partial charge on any atom is 0.339 e. The van der Waals surface area contributed by atoms with Crippen LogP contribution in [0.15, 0.2) is 48.5 Å². The molecule has 2 aromatic rings. The number of hydrogen-bond donors (Lipinski definition) is 0. The van der Waals surface area contributed by atoms with Crippen molar-refractivity contribution in [2.24, 2.45) is 0 Å². The van der Waals surface area contributed by atoms with Gasteiger partial charge in [0.15, 0.2) is 0 Å². The molecule has 2 heterocycles. The van der Waals surface area contributed by atoms with Crippen LogP contribution in [0.4, 0.5) is 5.69 Å². The first-order chi connectivity index (χ1) is 12.1. The van der Waals surface area contributed by atoms with Crippen molar-refractivity contribution < 1.29 is 14.3 Å². The van der Waals surface area contributed by atoms with Gasteiger partial charge in [-0.2, -0.15) is 0 Å². The molecule has 4 rings (SSSR count). The molecule has 0 N–H and O–H groups in total. The Kier molecular flexibility index (Phi) is 4.01. The highest BCUT2D eigenvalue weighted by Crippen LogP contribution is 2.34. The third kappa shape index (κ3) is 2.91. The number of hydrogen-bond acceptors (Lipinski definition) is 4. The minimum absolute atomic E-state index is 0.0164. The Morgan fingerprint density at radius 3 is 2.76 bits per heavy atom. The van der Waals surface area contributed by atoms with E-state index in [0.29, 0.717) is 12.1 Å². The number of benzene rings is 2. The highest BCUT2D eigenvalue weighted by atomic mass is 16.5. The van der Waals surface area contributed by atoms with Gasteiger partial charge in [0.2, 0.25) is 5.91 Å². The van der Waals surface area contributed by atoms with Crippen LogP contribution in [-0.2, 0) is 16.1 Å². The van der Waals surface area contributed by atoms with Gasteiger partial charge in [-0.1, -0.05) is 36.4 Å². The van der Waals surface area contributed by atoms with Gasteiger partial charge in [0.1, 0.15) is 6.10 Å². The second-order valence-electron chi connectivity index (χ2n) is 6.60. The SMILES string of the molecule is CN1CCN(C(=O)CC2OC(=O)c3ccccc32)c2ccccc2C1. The summed E-state index contributed by atoms with van der Waals surface area (Å²) >= 11 is 0. The molecule has 0 saturated heterocycles. The number of fused-ring (bicyclic) bond motifs is 2. The van der Waals surface area contributed by atoms with Crippen LogP contribution >= 0.6 is 0 Å². The van der Waals surface area contributed by atoms with E-state index in [9.17, 15) is 9.59 Å². The molecule has 128 valence electrons. The lowest BCUT2D eigenvalue weighted by Gasteiger charge is -2.24. The summed E-state index contributed by atoms with van der Waals surface area (Å²) in [6.45, 7) is 2.26. The number of likely N-dealkylation sites (N-methyl/N-ethyl adjacent to an activating group) is 1. The summed E-state index contributed by atoms with van der Waals surface area (Å²) < 4.78 is 5.44. The zero-order valence-electron chi connectivity index (χ0n) is 14.1. The van der Waals surface area contributed by atoms with Gasteiger partial charge < -0.3 is 14.5 Å². The number of cyclic esters (lactones) is 1. The first-order valence-electron chi connectivity index (χ1n) is 8.50. The second kappa shape index (κ2) is 6.33. The molecule has 5 nitrogen and oxygen atoms in total. The Morgan fingerprint density at radius 1 is 1.12 bits per heavy atom. The fraction of sp³-hybridized carbons (Fsp3) is 0.300. The average Bonchev–Trinajstić information content (AvgIpc) is 2.82. The quantitative estimate of drug-likeness (QED) is 0.791. The number of anilines is 1. The fourth-order valence-corrected chi connectivity index (χ4v) is 3.57. The summed E-state index contributed by atoms with van der Waals surface area (Å²) in [7, 11) is 2.06. The molecule has 2 aliphatic rings. The molecule has 0 aromatic heterocycles. The second-order valence-corrected chi connectivity index (χ2v) is 6.60. The van der Waals surface area contributed by atoms with Crippen molar-refractivity contribution >= 4 is 17.6 Å². The number of nitrogens with zero attached hydrogens (tertiary/aromatic N) is 2. The van der Waals surface area contributed by atoms with Crippen molar-refractivity contribution in [3.63, 3.8) is 0 Å². The normalized spacial score (nSPS) is 19.8. The lowest BCUT2D eigenvalue weighted by atomic mass is 10.0. The van der Waals surface area contributed by atoms with Gasteiger partial charge >= 0.3 is 5.97 Å². The van der Waals surface area contributed by atoms with E-state index < -0.39 is 6.10 Å². The molecule has 25 heavy (non-hydrogen) atoms. The molecule has 5 heteroatoms. The molecule has 0 fully saturated rings. The summed E-state index contributed by atoms with van der Waals surface area (Å²) in [5, 5.41) is 0. The number of para-hydroxylation sites is 1.